The number of rotatable bonds is 5. The molecule has 5 aromatic rings. The number of aromatic amines is 1. The Labute approximate surface area is 231 Å². The number of ether oxygens (including phenoxy) is 1. The van der Waals surface area contributed by atoms with Crippen LogP contribution < -0.4 is 15.8 Å². The van der Waals surface area contributed by atoms with Crippen molar-refractivity contribution < 1.29 is 4.74 Å². The number of nitrogens with one attached hydrogen (secondary N) is 2. The minimum absolute atomic E-state index is 0.253. The number of fused-ring (bicyclic) bond motifs is 1. The molecule has 3 aromatic carbocycles. The van der Waals surface area contributed by atoms with E-state index in [1.54, 1.807) is 0 Å². The van der Waals surface area contributed by atoms with Gasteiger partial charge in [-0.2, -0.15) is 0 Å². The molecule has 2 aromatic heterocycles. The fraction of sp³-hybridized carbons (Fsp3) is 0.194. The third kappa shape index (κ3) is 5.11. The van der Waals surface area contributed by atoms with E-state index in [2.05, 4.69) is 57.4 Å². The molecule has 1 aliphatic rings. The lowest BCUT2D eigenvalue weighted by atomic mass is 9.94. The number of aromatic nitrogens is 3. The van der Waals surface area contributed by atoms with E-state index < -0.39 is 0 Å². The maximum atomic E-state index is 12.9. The van der Waals surface area contributed by atoms with E-state index in [4.69, 9.17) is 21.3 Å². The van der Waals surface area contributed by atoms with Crippen LogP contribution in [-0.2, 0) is 4.74 Å². The van der Waals surface area contributed by atoms with Gasteiger partial charge in [0.25, 0.3) is 5.56 Å². The van der Waals surface area contributed by atoms with Crippen LogP contribution in [0, 0.1) is 13.8 Å². The third-order valence-corrected chi connectivity index (χ3v) is 7.31. The first-order chi connectivity index (χ1) is 19.0. The van der Waals surface area contributed by atoms with Gasteiger partial charge in [-0.15, -0.1) is 0 Å². The average Bonchev–Trinajstić information content (AvgIpc) is 2.94. The summed E-state index contributed by atoms with van der Waals surface area (Å²) in [5.41, 5.74) is 7.96. The predicted octanol–water partition coefficient (Wildman–Crippen LogP) is 6.50. The molecule has 8 heteroatoms. The molecule has 3 heterocycles. The van der Waals surface area contributed by atoms with Crippen molar-refractivity contribution in [1.82, 2.24) is 15.0 Å². The van der Waals surface area contributed by atoms with Crippen LogP contribution in [-0.4, -0.2) is 41.3 Å². The first-order valence-electron chi connectivity index (χ1n) is 12.9. The number of aryl methyl sites for hydroxylation is 2. The monoisotopic (exact) mass is 537 g/mol. The van der Waals surface area contributed by atoms with Crippen molar-refractivity contribution in [2.24, 2.45) is 0 Å². The van der Waals surface area contributed by atoms with Crippen LogP contribution in [0.5, 0.6) is 0 Å². The van der Waals surface area contributed by atoms with Crippen molar-refractivity contribution >= 4 is 39.7 Å². The maximum Gasteiger partial charge on any atom is 0.262 e. The molecular formula is C31H28ClN5O2. The van der Waals surface area contributed by atoms with Crippen LogP contribution in [0.25, 0.3) is 33.3 Å². The first-order valence-corrected chi connectivity index (χ1v) is 13.3. The second-order valence-corrected chi connectivity index (χ2v) is 10.2. The van der Waals surface area contributed by atoms with Crippen LogP contribution in [0.4, 0.5) is 17.2 Å². The lowest BCUT2D eigenvalue weighted by Gasteiger charge is -2.28. The second-order valence-electron chi connectivity index (χ2n) is 9.79. The van der Waals surface area contributed by atoms with Crippen LogP contribution in [0.3, 0.4) is 0 Å². The van der Waals surface area contributed by atoms with E-state index in [0.717, 1.165) is 65.5 Å². The van der Waals surface area contributed by atoms with Gasteiger partial charge in [0.2, 0.25) is 0 Å². The largest absolute Gasteiger partial charge is 0.378 e. The minimum atomic E-state index is -0.253. The van der Waals surface area contributed by atoms with E-state index in [1.807, 2.05) is 43.3 Å². The van der Waals surface area contributed by atoms with E-state index in [1.165, 1.54) is 6.33 Å². The molecule has 0 aliphatic carbocycles. The van der Waals surface area contributed by atoms with Gasteiger partial charge in [0.1, 0.15) is 11.2 Å². The van der Waals surface area contributed by atoms with Gasteiger partial charge in [0.15, 0.2) is 0 Å². The SMILES string of the molecule is Cc1ccc(-c2cc(C)ccc2-c2cc3nc[nH]c(=O)c3c(Nc3ccc(N4CCOCC4)cc3)n2)c(Cl)c1. The number of halogens is 1. The standard InChI is InChI=1S/C31H28ClN5O2/c1-19-4-10-24(25(15-19)23-9-3-20(2)16-26(23)32)27-17-28-29(31(38)34-18-33-28)30(36-27)35-21-5-7-22(8-6-21)37-11-13-39-14-12-37/h3-10,15-18H,11-14H2,1-2H3,(H,35,36)(H,33,34,38). The summed E-state index contributed by atoms with van der Waals surface area (Å²) in [5, 5.41) is 4.46. The normalized spacial score (nSPS) is 13.6. The van der Waals surface area contributed by atoms with Crippen molar-refractivity contribution in [3.63, 3.8) is 0 Å². The summed E-state index contributed by atoms with van der Waals surface area (Å²) in [6.45, 7) is 7.27. The smallest absolute Gasteiger partial charge is 0.262 e. The number of pyridine rings is 1. The highest BCUT2D eigenvalue weighted by molar-refractivity contribution is 6.33. The third-order valence-electron chi connectivity index (χ3n) is 7.00. The molecule has 0 saturated carbocycles. The Bertz CT molecular complexity index is 1730. The van der Waals surface area contributed by atoms with Crippen LogP contribution in [0.15, 0.2) is 77.9 Å². The molecule has 1 saturated heterocycles. The van der Waals surface area contributed by atoms with Crippen molar-refractivity contribution in [3.8, 4) is 22.4 Å². The Kier molecular flexibility index (Phi) is 6.77. The van der Waals surface area contributed by atoms with E-state index >= 15 is 0 Å². The molecule has 1 fully saturated rings. The van der Waals surface area contributed by atoms with Crippen molar-refractivity contribution in [2.45, 2.75) is 13.8 Å². The van der Waals surface area contributed by atoms with Gasteiger partial charge >= 0.3 is 0 Å². The number of anilines is 3. The molecule has 39 heavy (non-hydrogen) atoms. The highest BCUT2D eigenvalue weighted by Gasteiger charge is 2.17. The summed E-state index contributed by atoms with van der Waals surface area (Å²) in [6.07, 6.45) is 1.42. The van der Waals surface area contributed by atoms with Crippen LogP contribution >= 0.6 is 11.6 Å². The van der Waals surface area contributed by atoms with Crippen LogP contribution in [0.2, 0.25) is 5.02 Å². The Balaban J connectivity index is 1.45. The van der Waals surface area contributed by atoms with Crippen molar-refractivity contribution in [3.05, 3.63) is 99.6 Å². The lowest BCUT2D eigenvalue weighted by Crippen LogP contribution is -2.36. The Hall–Kier alpha value is -4.20. The number of benzene rings is 3. The Morgan fingerprint density at radius 3 is 2.36 bits per heavy atom. The number of morpholine rings is 1. The van der Waals surface area contributed by atoms with Gasteiger partial charge in [-0.25, -0.2) is 9.97 Å². The molecule has 0 amide bonds. The van der Waals surface area contributed by atoms with Crippen LogP contribution in [0.1, 0.15) is 11.1 Å². The predicted molar refractivity (Wildman–Crippen MR) is 158 cm³/mol. The molecule has 0 spiro atoms. The fourth-order valence-electron chi connectivity index (χ4n) is 4.98. The molecule has 6 rings (SSSR count). The van der Waals surface area contributed by atoms with Gasteiger partial charge in [-0.1, -0.05) is 47.5 Å². The molecule has 0 unspecified atom stereocenters. The average molecular weight is 538 g/mol. The van der Waals surface area contributed by atoms with Gasteiger partial charge in [0, 0.05) is 40.6 Å². The molecule has 2 N–H and O–H groups in total. The summed E-state index contributed by atoms with van der Waals surface area (Å²) in [7, 11) is 0. The summed E-state index contributed by atoms with van der Waals surface area (Å²) in [6, 6.07) is 22.3. The summed E-state index contributed by atoms with van der Waals surface area (Å²) in [4.78, 5) is 27.3. The van der Waals surface area contributed by atoms with Crippen molar-refractivity contribution in [1.29, 1.82) is 0 Å². The Morgan fingerprint density at radius 1 is 0.897 bits per heavy atom. The zero-order chi connectivity index (χ0) is 26.9. The van der Waals surface area contributed by atoms with Gasteiger partial charge < -0.3 is 19.9 Å². The highest BCUT2D eigenvalue weighted by atomic mass is 35.5. The molecule has 0 bridgehead atoms. The fourth-order valence-corrected chi connectivity index (χ4v) is 5.31. The van der Waals surface area contributed by atoms with Gasteiger partial charge in [-0.3, -0.25) is 4.79 Å². The molecule has 196 valence electrons. The Morgan fingerprint density at radius 2 is 1.62 bits per heavy atom. The second kappa shape index (κ2) is 10.5. The summed E-state index contributed by atoms with van der Waals surface area (Å²) >= 11 is 6.70. The number of hydrogen-bond acceptors (Lipinski definition) is 6. The maximum absolute atomic E-state index is 12.9. The molecule has 7 nitrogen and oxygen atoms in total. The first kappa shape index (κ1) is 25.1. The van der Waals surface area contributed by atoms with Crippen molar-refractivity contribution in [2.75, 3.05) is 36.5 Å². The topological polar surface area (TPSA) is 83.1 Å². The number of hydrogen-bond donors (Lipinski definition) is 2. The number of nitrogens with zero attached hydrogens (tertiary/aromatic N) is 3. The van der Waals surface area contributed by atoms with Gasteiger partial charge in [0.05, 0.1) is 30.8 Å². The number of H-pyrrole nitrogens is 1. The quantitative estimate of drug-likeness (QED) is 0.266. The minimum Gasteiger partial charge on any atom is -0.378 e. The summed E-state index contributed by atoms with van der Waals surface area (Å²) < 4.78 is 5.47. The van der Waals surface area contributed by atoms with E-state index in [9.17, 15) is 4.79 Å². The zero-order valence-corrected chi connectivity index (χ0v) is 22.5. The summed E-state index contributed by atoms with van der Waals surface area (Å²) in [5.74, 6) is 0.442. The molecule has 0 atom stereocenters. The van der Waals surface area contributed by atoms with Gasteiger partial charge in [-0.05, 0) is 61.4 Å². The highest BCUT2D eigenvalue weighted by Crippen LogP contribution is 2.38. The molecule has 1 aliphatic heterocycles. The molecular weight excluding hydrogens is 510 g/mol. The van der Waals surface area contributed by atoms with E-state index in [0.29, 0.717) is 27.4 Å². The lowest BCUT2D eigenvalue weighted by molar-refractivity contribution is 0.122. The zero-order valence-electron chi connectivity index (χ0n) is 21.8. The van der Waals surface area contributed by atoms with E-state index in [-0.39, 0.29) is 5.56 Å². The molecule has 0 radical (unpaired) electrons.